The molecule has 0 aromatic carbocycles. The first-order valence-electron chi connectivity index (χ1n) is 2.80. The van der Waals surface area contributed by atoms with Crippen LogP contribution in [0.3, 0.4) is 0 Å². The smallest absolute Gasteiger partial charge is 0.358 e. The normalized spacial score (nSPS) is 9.15. The van der Waals surface area contributed by atoms with E-state index in [9.17, 15) is 20.2 Å². The van der Waals surface area contributed by atoms with Crippen LogP contribution in [-0.2, 0) is 0 Å². The average Bonchev–Trinajstić information content (AvgIpc) is 2.46. The summed E-state index contributed by atoms with van der Waals surface area (Å²) in [7, 11) is 0. The van der Waals surface area contributed by atoms with Crippen LogP contribution in [0.5, 0.6) is 0 Å². The molecule has 0 aliphatic heterocycles. The van der Waals surface area contributed by atoms with Gasteiger partial charge in [0.1, 0.15) is 0 Å². The second-order valence-electron chi connectivity index (χ2n) is 1.86. The molecule has 0 aliphatic rings. The maximum absolute atomic E-state index is 10.2. The van der Waals surface area contributed by atoms with Crippen LogP contribution >= 0.6 is 0 Å². The zero-order valence-corrected chi connectivity index (χ0v) is 5.87. The Morgan fingerprint density at radius 2 is 2.00 bits per heavy atom. The van der Waals surface area contributed by atoms with Crippen molar-refractivity contribution in [3.63, 3.8) is 0 Å². The van der Waals surface area contributed by atoms with Gasteiger partial charge in [-0.15, -0.1) is 0 Å². The molecule has 0 atom stereocenters. The average molecular weight is 185 g/mol. The summed E-state index contributed by atoms with van der Waals surface area (Å²) in [6.45, 7) is 0. The van der Waals surface area contributed by atoms with Crippen molar-refractivity contribution in [1.29, 1.82) is 5.39 Å². The molecule has 0 radical (unpaired) electrons. The maximum Gasteiger partial charge on any atom is 0.580 e. The second kappa shape index (κ2) is 2.81. The Balaban J connectivity index is 3.37. The number of nitrogens with one attached hydrogen (secondary N) is 1. The number of aromatic amines is 1. The molecule has 66 valence electrons. The van der Waals surface area contributed by atoms with E-state index in [0.717, 1.165) is 0 Å². The molecule has 13 heavy (non-hydrogen) atoms. The Morgan fingerprint density at radius 1 is 1.38 bits per heavy atom. The first-order valence-corrected chi connectivity index (χ1v) is 2.80. The van der Waals surface area contributed by atoms with Crippen LogP contribution in [0.15, 0.2) is 0 Å². The van der Waals surface area contributed by atoms with Gasteiger partial charge in [-0.25, -0.2) is 0 Å². The topological polar surface area (TPSA) is 143 Å². The van der Waals surface area contributed by atoms with Crippen LogP contribution in [-0.4, -0.2) is 20.0 Å². The van der Waals surface area contributed by atoms with Gasteiger partial charge in [0.15, 0.2) is 10.1 Å². The van der Waals surface area contributed by atoms with Crippen molar-refractivity contribution in [3.8, 4) is 0 Å². The molecule has 0 spiro atoms. The lowest BCUT2D eigenvalue weighted by molar-refractivity contribution is -0.392. The van der Waals surface area contributed by atoms with Crippen LogP contribution in [0.1, 0.15) is 0 Å². The Morgan fingerprint density at radius 3 is 2.38 bits per heavy atom. The standard InChI is InChI=1S/C3HN6O4/c4-5-1-2(8(10)11)6-7-3(1)9(12)13/h(H,6,7)/q+1. The van der Waals surface area contributed by atoms with Crippen molar-refractivity contribution in [1.82, 2.24) is 10.2 Å². The maximum atomic E-state index is 10.2. The number of nitro groups is 2. The fourth-order valence-electron chi connectivity index (χ4n) is 0.664. The van der Waals surface area contributed by atoms with Crippen LogP contribution in [0.4, 0.5) is 17.3 Å². The molecule has 0 aliphatic carbocycles. The third-order valence-electron chi connectivity index (χ3n) is 1.16. The van der Waals surface area contributed by atoms with E-state index in [1.165, 1.54) is 0 Å². The van der Waals surface area contributed by atoms with Crippen LogP contribution in [0.25, 0.3) is 4.98 Å². The lowest BCUT2D eigenvalue weighted by Gasteiger charge is -1.81. The van der Waals surface area contributed by atoms with Crippen molar-refractivity contribution in [2.75, 3.05) is 0 Å². The van der Waals surface area contributed by atoms with Gasteiger partial charge in [0.25, 0.3) is 0 Å². The van der Waals surface area contributed by atoms with Crippen molar-refractivity contribution in [2.24, 2.45) is 0 Å². The summed E-state index contributed by atoms with van der Waals surface area (Å²) in [4.78, 5) is 20.7. The Kier molecular flexibility index (Phi) is 1.85. The number of diazo groups is 1. The lowest BCUT2D eigenvalue weighted by atomic mass is 10.5. The molecular formula is C3HN6O4+. The lowest BCUT2D eigenvalue weighted by Crippen LogP contribution is -1.88. The van der Waals surface area contributed by atoms with Crippen LogP contribution in [0.2, 0.25) is 0 Å². The fraction of sp³-hybridized carbons (Fsp3) is 0. The number of H-pyrrole nitrogens is 1. The summed E-state index contributed by atoms with van der Waals surface area (Å²) < 4.78 is 0. The summed E-state index contributed by atoms with van der Waals surface area (Å²) in [5.41, 5.74) is -0.796. The minimum atomic E-state index is -1.00. The molecule has 0 bridgehead atoms. The number of hydrogen-bond donors (Lipinski definition) is 1. The third-order valence-corrected chi connectivity index (χ3v) is 1.16. The molecule has 1 aromatic heterocycles. The first kappa shape index (κ1) is 8.53. The van der Waals surface area contributed by atoms with Gasteiger partial charge in [0.05, 0.1) is 0 Å². The minimum Gasteiger partial charge on any atom is -0.358 e. The van der Waals surface area contributed by atoms with Gasteiger partial charge in [0.2, 0.25) is 5.39 Å². The van der Waals surface area contributed by atoms with Gasteiger partial charge in [-0.05, 0) is 14.9 Å². The molecule has 0 fully saturated rings. The molecule has 1 heterocycles. The quantitative estimate of drug-likeness (QED) is 0.408. The van der Waals surface area contributed by atoms with E-state index in [0.29, 0.717) is 0 Å². The molecule has 0 unspecified atom stereocenters. The Hall–Kier alpha value is -2.57. The third kappa shape index (κ3) is 1.25. The van der Waals surface area contributed by atoms with Crippen LogP contribution < -0.4 is 0 Å². The van der Waals surface area contributed by atoms with Gasteiger partial charge in [-0.1, -0.05) is 0 Å². The molecule has 10 heteroatoms. The van der Waals surface area contributed by atoms with Gasteiger partial charge < -0.3 is 20.2 Å². The van der Waals surface area contributed by atoms with E-state index in [1.54, 1.807) is 5.10 Å². The summed E-state index contributed by atoms with van der Waals surface area (Å²) in [6.07, 6.45) is 0. The zero-order chi connectivity index (χ0) is 10.0. The molecule has 0 saturated heterocycles. The molecular weight excluding hydrogens is 184 g/mol. The SMILES string of the molecule is N#[N+]c1c([N+](=O)[O-])n[nH]c1[N+](=O)[O-]. The second-order valence-corrected chi connectivity index (χ2v) is 1.86. The fourth-order valence-corrected chi connectivity index (χ4v) is 0.664. The number of aromatic nitrogens is 2. The predicted molar refractivity (Wildman–Crippen MR) is 36.6 cm³/mol. The molecule has 1 rings (SSSR count). The van der Waals surface area contributed by atoms with Crippen molar-refractivity contribution >= 4 is 17.3 Å². The van der Waals surface area contributed by atoms with E-state index < -0.39 is 27.2 Å². The molecule has 0 saturated carbocycles. The highest BCUT2D eigenvalue weighted by Gasteiger charge is 2.43. The molecule has 0 amide bonds. The summed E-state index contributed by atoms with van der Waals surface area (Å²) in [6, 6.07) is 0. The zero-order valence-electron chi connectivity index (χ0n) is 5.87. The van der Waals surface area contributed by atoms with Crippen molar-refractivity contribution in [3.05, 3.63) is 25.2 Å². The Labute approximate surface area is 69.1 Å². The minimum absolute atomic E-state index is 0.796. The van der Waals surface area contributed by atoms with E-state index in [4.69, 9.17) is 5.39 Å². The van der Waals surface area contributed by atoms with Gasteiger partial charge in [-0.3, -0.25) is 0 Å². The van der Waals surface area contributed by atoms with Crippen molar-refractivity contribution in [2.45, 2.75) is 0 Å². The van der Waals surface area contributed by atoms with E-state index in [1.807, 2.05) is 0 Å². The molecule has 10 nitrogen and oxygen atoms in total. The summed E-state index contributed by atoms with van der Waals surface area (Å²) in [5.74, 6) is -1.72. The van der Waals surface area contributed by atoms with Gasteiger partial charge >= 0.3 is 17.3 Å². The molecule has 1 N–H and O–H groups in total. The van der Waals surface area contributed by atoms with Gasteiger partial charge in [0, 0.05) is 0 Å². The Bertz CT molecular complexity index is 383. The summed E-state index contributed by atoms with van der Waals surface area (Å²) in [5, 5.41) is 33.3. The van der Waals surface area contributed by atoms with Gasteiger partial charge in [-0.2, -0.15) is 0 Å². The van der Waals surface area contributed by atoms with E-state index >= 15 is 0 Å². The number of rotatable bonds is 2. The highest BCUT2D eigenvalue weighted by Crippen LogP contribution is 2.33. The molecule has 1 aromatic rings. The largest absolute Gasteiger partial charge is 0.580 e. The highest BCUT2D eigenvalue weighted by atomic mass is 16.6. The number of nitrogens with zero attached hydrogens (tertiary/aromatic N) is 5. The predicted octanol–water partition coefficient (Wildman–Crippen LogP) is 0.711. The van der Waals surface area contributed by atoms with Crippen LogP contribution in [0, 0.1) is 25.6 Å². The first-order chi connectivity index (χ1) is 6.07. The highest BCUT2D eigenvalue weighted by molar-refractivity contribution is 5.68. The monoisotopic (exact) mass is 185 g/mol. The van der Waals surface area contributed by atoms with Crippen molar-refractivity contribution < 1.29 is 9.85 Å². The summed E-state index contributed by atoms with van der Waals surface area (Å²) >= 11 is 0. The number of hydrogen-bond acceptors (Lipinski definition) is 6. The van der Waals surface area contributed by atoms with E-state index in [-0.39, 0.29) is 0 Å². The van der Waals surface area contributed by atoms with E-state index in [2.05, 4.69) is 10.1 Å².